The molecule has 0 saturated heterocycles. The van der Waals surface area contributed by atoms with E-state index < -0.39 is 0 Å². The summed E-state index contributed by atoms with van der Waals surface area (Å²) in [7, 11) is 2.00. The van der Waals surface area contributed by atoms with Gasteiger partial charge in [0.1, 0.15) is 5.75 Å². The topological polar surface area (TPSA) is 61.8 Å². The number of carbonyl (C=O) groups is 1. The van der Waals surface area contributed by atoms with E-state index in [0.29, 0.717) is 30.9 Å². The number of rotatable bonds is 7. The van der Waals surface area contributed by atoms with Crippen LogP contribution >= 0.6 is 0 Å². The third kappa shape index (κ3) is 5.22. The number of anilines is 1. The molecule has 1 fully saturated rings. The Kier molecular flexibility index (Phi) is 6.86. The van der Waals surface area contributed by atoms with Crippen LogP contribution < -0.4 is 10.1 Å². The smallest absolute Gasteiger partial charge is 0.238 e. The van der Waals surface area contributed by atoms with Crippen LogP contribution in [0.25, 0.3) is 0 Å². The number of likely N-dealkylation sites (N-methyl/N-ethyl adjacent to an activating group) is 1. The second-order valence-corrected chi connectivity index (χ2v) is 6.25. The van der Waals surface area contributed by atoms with Gasteiger partial charge in [0.2, 0.25) is 5.91 Å². The molecule has 0 atom stereocenters. The zero-order chi connectivity index (χ0) is 16.7. The summed E-state index contributed by atoms with van der Waals surface area (Å²) in [6.45, 7) is 3.15. The van der Waals surface area contributed by atoms with E-state index in [1.807, 2.05) is 38.2 Å². The zero-order valence-electron chi connectivity index (χ0n) is 14.1. The Labute approximate surface area is 138 Å². The molecule has 0 bridgehead atoms. The van der Waals surface area contributed by atoms with E-state index in [1.165, 1.54) is 0 Å². The lowest BCUT2D eigenvalue weighted by Gasteiger charge is -2.33. The van der Waals surface area contributed by atoms with Crippen LogP contribution in [-0.2, 0) is 4.79 Å². The molecule has 2 N–H and O–H groups in total. The summed E-state index contributed by atoms with van der Waals surface area (Å²) in [6.07, 6.45) is 4.18. The minimum Gasteiger partial charge on any atom is -0.492 e. The maximum Gasteiger partial charge on any atom is 0.238 e. The molecule has 23 heavy (non-hydrogen) atoms. The van der Waals surface area contributed by atoms with Crippen molar-refractivity contribution in [3.63, 3.8) is 0 Å². The van der Waals surface area contributed by atoms with Crippen molar-refractivity contribution in [2.75, 3.05) is 32.1 Å². The van der Waals surface area contributed by atoms with Crippen LogP contribution in [-0.4, -0.2) is 48.8 Å². The Hall–Kier alpha value is -1.59. The van der Waals surface area contributed by atoms with E-state index in [9.17, 15) is 9.90 Å². The molecule has 1 saturated carbocycles. The molecule has 1 aromatic rings. The highest BCUT2D eigenvalue weighted by Crippen LogP contribution is 2.27. The number of hydrogen-bond donors (Lipinski definition) is 2. The summed E-state index contributed by atoms with van der Waals surface area (Å²) in [5, 5.41) is 12.1. The molecular weight excluding hydrogens is 292 g/mol. The standard InChI is InChI=1S/C18H28N2O3/c1-3-23-17-7-5-4-6-16(17)19-18(22)12-20(2)15-10-8-14(13-21)9-11-15/h4-7,14-15,21H,3,8-13H2,1-2H3,(H,19,22). The van der Waals surface area contributed by atoms with Gasteiger partial charge in [-0.05, 0) is 57.7 Å². The maximum atomic E-state index is 12.3. The van der Waals surface area contributed by atoms with Crippen molar-refractivity contribution >= 4 is 11.6 Å². The van der Waals surface area contributed by atoms with Crippen molar-refractivity contribution in [1.82, 2.24) is 4.90 Å². The van der Waals surface area contributed by atoms with Crippen molar-refractivity contribution in [3.8, 4) is 5.75 Å². The van der Waals surface area contributed by atoms with Gasteiger partial charge in [0, 0.05) is 12.6 Å². The van der Waals surface area contributed by atoms with E-state index in [0.717, 1.165) is 31.4 Å². The second-order valence-electron chi connectivity index (χ2n) is 6.25. The molecule has 0 aliphatic heterocycles. The molecule has 0 spiro atoms. The number of hydrogen-bond acceptors (Lipinski definition) is 4. The van der Waals surface area contributed by atoms with Crippen molar-refractivity contribution < 1.29 is 14.6 Å². The average Bonchev–Trinajstić information content (AvgIpc) is 2.57. The minimum absolute atomic E-state index is 0.0241. The van der Waals surface area contributed by atoms with E-state index in [2.05, 4.69) is 10.2 Å². The number of nitrogens with one attached hydrogen (secondary N) is 1. The van der Waals surface area contributed by atoms with E-state index >= 15 is 0 Å². The molecule has 1 aliphatic rings. The van der Waals surface area contributed by atoms with E-state index in [-0.39, 0.29) is 12.5 Å². The highest BCUT2D eigenvalue weighted by Gasteiger charge is 2.24. The number of carbonyl (C=O) groups excluding carboxylic acids is 1. The lowest BCUT2D eigenvalue weighted by atomic mass is 9.86. The third-order valence-corrected chi connectivity index (χ3v) is 4.55. The van der Waals surface area contributed by atoms with Gasteiger partial charge in [-0.3, -0.25) is 9.69 Å². The monoisotopic (exact) mass is 320 g/mol. The summed E-state index contributed by atoms with van der Waals surface area (Å²) in [4.78, 5) is 14.4. The molecule has 2 rings (SSSR count). The molecule has 0 radical (unpaired) electrons. The third-order valence-electron chi connectivity index (χ3n) is 4.55. The first-order valence-electron chi connectivity index (χ1n) is 8.46. The highest BCUT2D eigenvalue weighted by atomic mass is 16.5. The van der Waals surface area contributed by atoms with Gasteiger partial charge in [-0.2, -0.15) is 0 Å². The Balaban J connectivity index is 1.85. The lowest BCUT2D eigenvalue weighted by molar-refractivity contribution is -0.117. The fourth-order valence-electron chi connectivity index (χ4n) is 3.16. The van der Waals surface area contributed by atoms with Crippen molar-refractivity contribution in [2.24, 2.45) is 5.92 Å². The van der Waals surface area contributed by atoms with Gasteiger partial charge in [0.15, 0.2) is 0 Å². The second kappa shape index (κ2) is 8.89. The molecule has 0 heterocycles. The molecule has 1 aromatic carbocycles. The highest BCUT2D eigenvalue weighted by molar-refractivity contribution is 5.93. The van der Waals surface area contributed by atoms with Gasteiger partial charge in [0.05, 0.1) is 18.8 Å². The van der Waals surface area contributed by atoms with Gasteiger partial charge in [-0.15, -0.1) is 0 Å². The largest absolute Gasteiger partial charge is 0.492 e. The first kappa shape index (κ1) is 17.8. The SMILES string of the molecule is CCOc1ccccc1NC(=O)CN(C)C1CCC(CO)CC1. The number of aliphatic hydroxyl groups excluding tert-OH is 1. The van der Waals surface area contributed by atoms with Gasteiger partial charge in [0.25, 0.3) is 0 Å². The quantitative estimate of drug-likeness (QED) is 0.810. The van der Waals surface area contributed by atoms with Crippen LogP contribution in [0, 0.1) is 5.92 Å². The number of ether oxygens (including phenoxy) is 1. The number of para-hydroxylation sites is 2. The Morgan fingerprint density at radius 2 is 2.00 bits per heavy atom. The first-order valence-corrected chi connectivity index (χ1v) is 8.46. The first-order chi connectivity index (χ1) is 11.1. The van der Waals surface area contributed by atoms with Crippen LogP contribution in [0.4, 0.5) is 5.69 Å². The fourth-order valence-corrected chi connectivity index (χ4v) is 3.16. The van der Waals surface area contributed by atoms with Crippen LogP contribution in [0.3, 0.4) is 0 Å². The molecule has 1 aliphatic carbocycles. The van der Waals surface area contributed by atoms with E-state index in [1.54, 1.807) is 0 Å². The molecule has 0 aromatic heterocycles. The van der Waals surface area contributed by atoms with Crippen molar-refractivity contribution in [3.05, 3.63) is 24.3 Å². The van der Waals surface area contributed by atoms with Gasteiger partial charge in [-0.1, -0.05) is 12.1 Å². The van der Waals surface area contributed by atoms with Crippen molar-refractivity contribution in [2.45, 2.75) is 38.6 Å². The summed E-state index contributed by atoms with van der Waals surface area (Å²) >= 11 is 0. The van der Waals surface area contributed by atoms with Crippen LogP contribution in [0.15, 0.2) is 24.3 Å². The van der Waals surface area contributed by atoms with E-state index in [4.69, 9.17) is 4.74 Å². The number of aliphatic hydroxyl groups is 1. The predicted molar refractivity (Wildman–Crippen MR) is 91.7 cm³/mol. The van der Waals surface area contributed by atoms with Crippen LogP contribution in [0.5, 0.6) is 5.75 Å². The molecule has 5 heteroatoms. The van der Waals surface area contributed by atoms with Gasteiger partial charge >= 0.3 is 0 Å². The lowest BCUT2D eigenvalue weighted by Crippen LogP contribution is -2.40. The van der Waals surface area contributed by atoms with Gasteiger partial charge in [-0.25, -0.2) is 0 Å². The number of amides is 1. The molecule has 1 amide bonds. The predicted octanol–water partition coefficient (Wildman–Crippen LogP) is 2.51. The Morgan fingerprint density at radius 1 is 1.30 bits per heavy atom. The number of nitrogens with zero attached hydrogens (tertiary/aromatic N) is 1. The van der Waals surface area contributed by atoms with Crippen molar-refractivity contribution in [1.29, 1.82) is 0 Å². The minimum atomic E-state index is -0.0241. The van der Waals surface area contributed by atoms with Crippen LogP contribution in [0.2, 0.25) is 0 Å². The molecule has 0 unspecified atom stereocenters. The summed E-state index contributed by atoms with van der Waals surface area (Å²) in [5.74, 6) is 1.12. The maximum absolute atomic E-state index is 12.3. The number of benzene rings is 1. The zero-order valence-corrected chi connectivity index (χ0v) is 14.1. The Morgan fingerprint density at radius 3 is 2.65 bits per heavy atom. The summed E-state index contributed by atoms with van der Waals surface area (Å²) < 4.78 is 5.53. The summed E-state index contributed by atoms with van der Waals surface area (Å²) in [5.41, 5.74) is 0.719. The normalized spacial score (nSPS) is 21.2. The van der Waals surface area contributed by atoms with Gasteiger partial charge < -0.3 is 15.2 Å². The fraction of sp³-hybridized carbons (Fsp3) is 0.611. The summed E-state index contributed by atoms with van der Waals surface area (Å²) in [6, 6.07) is 7.92. The molecule has 128 valence electrons. The van der Waals surface area contributed by atoms with Crippen LogP contribution in [0.1, 0.15) is 32.6 Å². The molecular formula is C18H28N2O3. The molecule has 5 nitrogen and oxygen atoms in total. The average molecular weight is 320 g/mol. The Bertz CT molecular complexity index is 499.